The van der Waals surface area contributed by atoms with E-state index in [1.54, 1.807) is 18.2 Å². The predicted octanol–water partition coefficient (Wildman–Crippen LogP) is 4.29. The van der Waals surface area contributed by atoms with Gasteiger partial charge in [-0.15, -0.1) is 0 Å². The second kappa shape index (κ2) is 7.60. The number of benzene rings is 1. The Morgan fingerprint density at radius 2 is 1.95 bits per heavy atom. The van der Waals surface area contributed by atoms with E-state index in [0.717, 1.165) is 0 Å². The van der Waals surface area contributed by atoms with Crippen LogP contribution in [-0.4, -0.2) is 24.8 Å². The molecule has 0 unspecified atom stereocenters. The Bertz CT molecular complexity index is 458. The van der Waals surface area contributed by atoms with Gasteiger partial charge in [0, 0.05) is 12.6 Å². The van der Waals surface area contributed by atoms with Crippen molar-refractivity contribution in [3.63, 3.8) is 0 Å². The fourth-order valence-corrected chi connectivity index (χ4v) is 1.62. The van der Waals surface area contributed by atoms with Gasteiger partial charge in [-0.1, -0.05) is 23.2 Å². The minimum atomic E-state index is -0.485. The van der Waals surface area contributed by atoms with E-state index in [2.05, 4.69) is 5.32 Å². The van der Waals surface area contributed by atoms with E-state index in [0.29, 0.717) is 35.4 Å². The zero-order chi connectivity index (χ0) is 15.2. The summed E-state index contributed by atoms with van der Waals surface area (Å²) in [5.74, 6) is 0.650. The third kappa shape index (κ3) is 6.87. The average Bonchev–Trinajstić information content (AvgIpc) is 2.31. The molecule has 4 nitrogen and oxygen atoms in total. The molecule has 0 saturated carbocycles. The van der Waals surface area contributed by atoms with E-state index in [-0.39, 0.29) is 0 Å². The first-order chi connectivity index (χ1) is 9.28. The van der Waals surface area contributed by atoms with Crippen LogP contribution in [0.25, 0.3) is 0 Å². The number of halogens is 2. The quantitative estimate of drug-likeness (QED) is 0.824. The lowest BCUT2D eigenvalue weighted by Crippen LogP contribution is -2.33. The Hall–Kier alpha value is -1.13. The maximum absolute atomic E-state index is 11.4. The first-order valence-electron chi connectivity index (χ1n) is 6.32. The smallest absolute Gasteiger partial charge is 0.407 e. The summed E-state index contributed by atoms with van der Waals surface area (Å²) in [7, 11) is 0. The predicted molar refractivity (Wildman–Crippen MR) is 80.8 cm³/mol. The standard InChI is InChI=1S/C14H19Cl2NO3/c1-14(2,3)20-13(18)17-7-4-8-19-10-5-6-11(15)12(16)9-10/h5-6,9H,4,7-8H2,1-3H3,(H,17,18). The summed E-state index contributed by atoms with van der Waals surface area (Å²) >= 11 is 11.7. The number of hydrogen-bond donors (Lipinski definition) is 1. The third-order valence-corrected chi connectivity index (χ3v) is 2.89. The van der Waals surface area contributed by atoms with Crippen LogP contribution in [0.2, 0.25) is 10.0 Å². The summed E-state index contributed by atoms with van der Waals surface area (Å²) in [6.45, 7) is 6.41. The number of rotatable bonds is 5. The van der Waals surface area contributed by atoms with Gasteiger partial charge >= 0.3 is 6.09 Å². The maximum Gasteiger partial charge on any atom is 0.407 e. The first-order valence-corrected chi connectivity index (χ1v) is 7.08. The summed E-state index contributed by atoms with van der Waals surface area (Å²) in [5.41, 5.74) is -0.485. The number of carbonyl (C=O) groups excluding carboxylic acids is 1. The molecule has 1 rings (SSSR count). The molecule has 6 heteroatoms. The molecule has 1 aromatic carbocycles. The van der Waals surface area contributed by atoms with Crippen molar-refractivity contribution in [3.05, 3.63) is 28.2 Å². The number of nitrogens with one attached hydrogen (secondary N) is 1. The van der Waals surface area contributed by atoms with Crippen LogP contribution in [0.15, 0.2) is 18.2 Å². The van der Waals surface area contributed by atoms with Gasteiger partial charge in [0.05, 0.1) is 16.7 Å². The highest BCUT2D eigenvalue weighted by molar-refractivity contribution is 6.42. The Morgan fingerprint density at radius 1 is 1.25 bits per heavy atom. The summed E-state index contributed by atoms with van der Waals surface area (Å²) in [6.07, 6.45) is 0.242. The zero-order valence-electron chi connectivity index (χ0n) is 11.8. The summed E-state index contributed by atoms with van der Waals surface area (Å²) in [5, 5.41) is 3.60. The van der Waals surface area contributed by atoms with Crippen molar-refractivity contribution in [2.45, 2.75) is 32.8 Å². The highest BCUT2D eigenvalue weighted by Gasteiger charge is 2.15. The molecule has 112 valence electrons. The van der Waals surface area contributed by atoms with Crippen LogP contribution >= 0.6 is 23.2 Å². The summed E-state index contributed by atoms with van der Waals surface area (Å²) < 4.78 is 10.6. The monoisotopic (exact) mass is 319 g/mol. The zero-order valence-corrected chi connectivity index (χ0v) is 13.3. The maximum atomic E-state index is 11.4. The average molecular weight is 320 g/mol. The molecule has 0 aliphatic carbocycles. The van der Waals surface area contributed by atoms with E-state index in [4.69, 9.17) is 32.7 Å². The topological polar surface area (TPSA) is 47.6 Å². The van der Waals surface area contributed by atoms with Gasteiger partial charge in [0.2, 0.25) is 0 Å². The van der Waals surface area contributed by atoms with Crippen molar-refractivity contribution in [2.75, 3.05) is 13.2 Å². The minimum Gasteiger partial charge on any atom is -0.493 e. The highest BCUT2D eigenvalue weighted by atomic mass is 35.5. The molecule has 0 saturated heterocycles. The van der Waals surface area contributed by atoms with Crippen LogP contribution in [0.5, 0.6) is 5.75 Å². The first kappa shape index (κ1) is 16.9. The van der Waals surface area contributed by atoms with Crippen LogP contribution in [0, 0.1) is 0 Å². The van der Waals surface area contributed by atoms with Gasteiger partial charge in [-0.05, 0) is 39.3 Å². The molecule has 1 aromatic rings. The van der Waals surface area contributed by atoms with Crippen molar-refractivity contribution in [1.29, 1.82) is 0 Å². The normalized spacial score (nSPS) is 11.1. The molecule has 0 aliphatic rings. The van der Waals surface area contributed by atoms with Crippen LogP contribution in [0.4, 0.5) is 4.79 Å². The van der Waals surface area contributed by atoms with Crippen LogP contribution < -0.4 is 10.1 Å². The number of ether oxygens (including phenoxy) is 2. The lowest BCUT2D eigenvalue weighted by molar-refractivity contribution is 0.0525. The highest BCUT2D eigenvalue weighted by Crippen LogP contribution is 2.26. The Kier molecular flexibility index (Phi) is 6.43. The van der Waals surface area contributed by atoms with E-state index in [9.17, 15) is 4.79 Å². The van der Waals surface area contributed by atoms with Gasteiger partial charge in [0.15, 0.2) is 0 Å². The largest absolute Gasteiger partial charge is 0.493 e. The van der Waals surface area contributed by atoms with Crippen molar-refractivity contribution >= 4 is 29.3 Å². The lowest BCUT2D eigenvalue weighted by atomic mass is 10.2. The molecule has 20 heavy (non-hydrogen) atoms. The summed E-state index contributed by atoms with van der Waals surface area (Å²) in [6, 6.07) is 5.08. The molecule has 0 aliphatic heterocycles. The van der Waals surface area contributed by atoms with Gasteiger partial charge in [0.1, 0.15) is 11.4 Å². The van der Waals surface area contributed by atoms with E-state index in [1.165, 1.54) is 0 Å². The van der Waals surface area contributed by atoms with Gasteiger partial charge in [-0.2, -0.15) is 0 Å². The van der Waals surface area contributed by atoms with E-state index in [1.807, 2.05) is 20.8 Å². The number of amides is 1. The Labute approximate surface area is 129 Å². The van der Waals surface area contributed by atoms with Crippen LogP contribution in [0.3, 0.4) is 0 Å². The Morgan fingerprint density at radius 3 is 2.55 bits per heavy atom. The van der Waals surface area contributed by atoms with Gasteiger partial charge < -0.3 is 14.8 Å². The van der Waals surface area contributed by atoms with Gasteiger partial charge in [0.25, 0.3) is 0 Å². The van der Waals surface area contributed by atoms with Crippen LogP contribution in [0.1, 0.15) is 27.2 Å². The van der Waals surface area contributed by atoms with Gasteiger partial charge in [-0.25, -0.2) is 4.79 Å². The third-order valence-electron chi connectivity index (χ3n) is 2.15. The molecule has 0 heterocycles. The lowest BCUT2D eigenvalue weighted by Gasteiger charge is -2.19. The second-order valence-corrected chi connectivity index (χ2v) is 6.02. The van der Waals surface area contributed by atoms with E-state index >= 15 is 0 Å². The van der Waals surface area contributed by atoms with Crippen molar-refractivity contribution < 1.29 is 14.3 Å². The number of hydrogen-bond acceptors (Lipinski definition) is 3. The number of alkyl carbamates (subject to hydrolysis) is 1. The van der Waals surface area contributed by atoms with Crippen molar-refractivity contribution in [3.8, 4) is 5.75 Å². The fraction of sp³-hybridized carbons (Fsp3) is 0.500. The molecule has 0 fully saturated rings. The van der Waals surface area contributed by atoms with Crippen molar-refractivity contribution in [2.24, 2.45) is 0 Å². The molecule has 1 N–H and O–H groups in total. The summed E-state index contributed by atoms with van der Waals surface area (Å²) in [4.78, 5) is 11.4. The SMILES string of the molecule is CC(C)(C)OC(=O)NCCCOc1ccc(Cl)c(Cl)c1. The Balaban J connectivity index is 2.19. The molecular weight excluding hydrogens is 301 g/mol. The number of carbonyl (C=O) groups is 1. The fourth-order valence-electron chi connectivity index (χ4n) is 1.33. The molecule has 0 aromatic heterocycles. The second-order valence-electron chi connectivity index (χ2n) is 5.21. The molecule has 1 amide bonds. The van der Waals surface area contributed by atoms with Gasteiger partial charge in [-0.3, -0.25) is 0 Å². The molecule has 0 radical (unpaired) electrons. The molecule has 0 spiro atoms. The molecular formula is C14H19Cl2NO3. The molecule has 0 bridgehead atoms. The van der Waals surface area contributed by atoms with Crippen LogP contribution in [-0.2, 0) is 4.74 Å². The van der Waals surface area contributed by atoms with E-state index < -0.39 is 11.7 Å². The molecule has 0 atom stereocenters. The minimum absolute atomic E-state index is 0.424. The van der Waals surface area contributed by atoms with Crippen molar-refractivity contribution in [1.82, 2.24) is 5.32 Å².